The summed E-state index contributed by atoms with van der Waals surface area (Å²) < 4.78 is 0. The van der Waals surface area contributed by atoms with E-state index in [4.69, 9.17) is 5.11 Å². The normalized spacial score (nSPS) is 15.6. The highest BCUT2D eigenvalue weighted by Crippen LogP contribution is 2.02. The number of aliphatic hydroxyl groups is 1. The van der Waals surface area contributed by atoms with Crippen molar-refractivity contribution < 1.29 is 19.8 Å². The van der Waals surface area contributed by atoms with E-state index in [1.165, 1.54) is 6.92 Å². The van der Waals surface area contributed by atoms with E-state index < -0.39 is 24.1 Å². The van der Waals surface area contributed by atoms with Gasteiger partial charge in [0.15, 0.2) is 6.04 Å². The zero-order valence-electron chi connectivity index (χ0n) is 11.3. The van der Waals surface area contributed by atoms with Gasteiger partial charge in [0, 0.05) is 6.04 Å². The molecule has 0 fully saturated rings. The number of hydrogen-bond acceptors (Lipinski definition) is 3. The molecular weight excluding hydrogens is 236 g/mol. The summed E-state index contributed by atoms with van der Waals surface area (Å²) in [6.45, 7) is 5.29. The Morgan fingerprint density at radius 2 is 1.78 bits per heavy atom. The van der Waals surface area contributed by atoms with Crippen molar-refractivity contribution >= 4 is 12.0 Å². The van der Waals surface area contributed by atoms with Crippen LogP contribution < -0.4 is 10.6 Å². The lowest BCUT2D eigenvalue weighted by molar-refractivity contribution is -0.141. The molecule has 0 heterocycles. The lowest BCUT2D eigenvalue weighted by Crippen LogP contribution is -2.52. The lowest BCUT2D eigenvalue weighted by atomic mass is 10.1. The first kappa shape index (κ1) is 16.7. The maximum Gasteiger partial charge on any atom is 0.328 e. The van der Waals surface area contributed by atoms with E-state index in [1.807, 2.05) is 6.92 Å². The topological polar surface area (TPSA) is 98.7 Å². The molecule has 6 heteroatoms. The fourth-order valence-electron chi connectivity index (χ4n) is 1.57. The third-order valence-electron chi connectivity index (χ3n) is 2.65. The van der Waals surface area contributed by atoms with Gasteiger partial charge in [0.25, 0.3) is 0 Å². The summed E-state index contributed by atoms with van der Waals surface area (Å²) in [4.78, 5) is 22.3. The van der Waals surface area contributed by atoms with Crippen molar-refractivity contribution in [2.45, 2.75) is 64.6 Å². The van der Waals surface area contributed by atoms with Crippen LogP contribution in [0.2, 0.25) is 0 Å². The van der Waals surface area contributed by atoms with Gasteiger partial charge in [-0.25, -0.2) is 9.59 Å². The molecule has 0 aromatic rings. The fraction of sp³-hybridized carbons (Fsp3) is 0.833. The second kappa shape index (κ2) is 8.74. The molecule has 3 atom stereocenters. The number of hydrogen-bond donors (Lipinski definition) is 4. The first-order chi connectivity index (χ1) is 8.38. The average molecular weight is 260 g/mol. The van der Waals surface area contributed by atoms with Crippen LogP contribution >= 0.6 is 0 Å². The maximum atomic E-state index is 11.5. The van der Waals surface area contributed by atoms with Gasteiger partial charge >= 0.3 is 12.0 Å². The monoisotopic (exact) mass is 260 g/mol. The van der Waals surface area contributed by atoms with E-state index in [1.54, 1.807) is 0 Å². The predicted octanol–water partition coefficient (Wildman–Crippen LogP) is 1.09. The Kier molecular flexibility index (Phi) is 8.11. The fourth-order valence-corrected chi connectivity index (χ4v) is 1.57. The van der Waals surface area contributed by atoms with E-state index in [0.29, 0.717) is 0 Å². The van der Waals surface area contributed by atoms with Gasteiger partial charge < -0.3 is 20.8 Å². The number of rotatable bonds is 8. The van der Waals surface area contributed by atoms with Gasteiger partial charge in [-0.15, -0.1) is 0 Å². The van der Waals surface area contributed by atoms with Crippen molar-refractivity contribution in [1.29, 1.82) is 0 Å². The second-order valence-electron chi connectivity index (χ2n) is 4.57. The van der Waals surface area contributed by atoms with Gasteiger partial charge in [-0.1, -0.05) is 26.2 Å². The Bertz CT molecular complexity index is 269. The van der Waals surface area contributed by atoms with E-state index in [-0.39, 0.29) is 6.04 Å². The second-order valence-corrected chi connectivity index (χ2v) is 4.57. The number of nitrogens with one attached hydrogen (secondary N) is 2. The summed E-state index contributed by atoms with van der Waals surface area (Å²) in [5.74, 6) is -1.25. The van der Waals surface area contributed by atoms with Crippen molar-refractivity contribution in [3.63, 3.8) is 0 Å². The van der Waals surface area contributed by atoms with Gasteiger partial charge in [-0.05, 0) is 20.3 Å². The summed E-state index contributed by atoms with van der Waals surface area (Å²) in [7, 11) is 0. The lowest BCUT2D eigenvalue weighted by Gasteiger charge is -2.20. The van der Waals surface area contributed by atoms with Crippen LogP contribution in [-0.2, 0) is 4.79 Å². The van der Waals surface area contributed by atoms with Crippen molar-refractivity contribution in [2.24, 2.45) is 0 Å². The molecule has 0 saturated carbocycles. The molecule has 0 bridgehead atoms. The molecule has 0 aliphatic rings. The van der Waals surface area contributed by atoms with Gasteiger partial charge in [0.1, 0.15) is 0 Å². The Labute approximate surface area is 108 Å². The number of carbonyl (C=O) groups excluding carboxylic acids is 1. The summed E-state index contributed by atoms with van der Waals surface area (Å²) in [5, 5.41) is 22.9. The Balaban J connectivity index is 4.04. The molecule has 0 aromatic carbocycles. The Morgan fingerprint density at radius 3 is 2.22 bits per heavy atom. The maximum absolute atomic E-state index is 11.5. The minimum Gasteiger partial charge on any atom is -0.480 e. The minimum atomic E-state index is -1.28. The highest BCUT2D eigenvalue weighted by atomic mass is 16.4. The van der Waals surface area contributed by atoms with Crippen LogP contribution in [0, 0.1) is 0 Å². The summed E-state index contributed by atoms with van der Waals surface area (Å²) in [6.07, 6.45) is 2.97. The molecule has 18 heavy (non-hydrogen) atoms. The Morgan fingerprint density at radius 1 is 1.17 bits per heavy atom. The van der Waals surface area contributed by atoms with Crippen LogP contribution in [0.25, 0.3) is 0 Å². The molecule has 0 rings (SSSR count). The summed E-state index contributed by atoms with van der Waals surface area (Å²) >= 11 is 0. The van der Waals surface area contributed by atoms with E-state index in [2.05, 4.69) is 17.6 Å². The van der Waals surface area contributed by atoms with Crippen LogP contribution in [0.4, 0.5) is 4.79 Å². The molecule has 0 aromatic heterocycles. The quantitative estimate of drug-likeness (QED) is 0.491. The molecule has 0 saturated heterocycles. The molecule has 2 amide bonds. The number of unbranched alkanes of at least 4 members (excludes halogenated alkanes) is 2. The van der Waals surface area contributed by atoms with Crippen LogP contribution in [0.1, 0.15) is 46.5 Å². The van der Waals surface area contributed by atoms with Crippen molar-refractivity contribution in [3.8, 4) is 0 Å². The Hall–Kier alpha value is -1.30. The molecule has 0 spiro atoms. The minimum absolute atomic E-state index is 0.0139. The van der Waals surface area contributed by atoms with Crippen LogP contribution in [0.5, 0.6) is 0 Å². The van der Waals surface area contributed by atoms with Gasteiger partial charge in [-0.2, -0.15) is 0 Å². The smallest absolute Gasteiger partial charge is 0.328 e. The van der Waals surface area contributed by atoms with E-state index in [9.17, 15) is 14.7 Å². The van der Waals surface area contributed by atoms with E-state index in [0.717, 1.165) is 25.7 Å². The molecule has 0 aliphatic heterocycles. The van der Waals surface area contributed by atoms with Crippen LogP contribution in [-0.4, -0.2) is 40.4 Å². The summed E-state index contributed by atoms with van der Waals surface area (Å²) in [6, 6.07) is -1.86. The van der Waals surface area contributed by atoms with Crippen molar-refractivity contribution in [1.82, 2.24) is 10.6 Å². The number of amides is 2. The van der Waals surface area contributed by atoms with Crippen molar-refractivity contribution in [2.75, 3.05) is 0 Å². The number of urea groups is 1. The molecule has 106 valence electrons. The third-order valence-corrected chi connectivity index (χ3v) is 2.65. The SMILES string of the molecule is CCCCCC(C)NC(=O)N[C@H](C(=O)O)[C@@H](C)O. The molecule has 4 N–H and O–H groups in total. The number of carboxylic acid groups (broad SMARTS) is 1. The zero-order chi connectivity index (χ0) is 14.1. The number of carboxylic acids is 1. The predicted molar refractivity (Wildman–Crippen MR) is 68.4 cm³/mol. The summed E-state index contributed by atoms with van der Waals surface area (Å²) in [5.41, 5.74) is 0. The van der Waals surface area contributed by atoms with Gasteiger partial charge in [-0.3, -0.25) is 0 Å². The standard InChI is InChI=1S/C12H24N2O4/c1-4-5-6-7-8(2)13-12(18)14-10(9(3)15)11(16)17/h8-10,15H,4-7H2,1-3H3,(H,16,17)(H2,13,14,18)/t8?,9-,10+/m1/s1. The third kappa shape index (κ3) is 7.11. The number of carbonyl (C=O) groups is 2. The molecule has 1 unspecified atom stereocenters. The highest BCUT2D eigenvalue weighted by molar-refractivity contribution is 5.83. The number of aliphatic carboxylic acids is 1. The first-order valence-corrected chi connectivity index (χ1v) is 6.36. The largest absolute Gasteiger partial charge is 0.480 e. The van der Waals surface area contributed by atoms with E-state index >= 15 is 0 Å². The zero-order valence-corrected chi connectivity index (χ0v) is 11.3. The van der Waals surface area contributed by atoms with Crippen LogP contribution in [0.15, 0.2) is 0 Å². The highest BCUT2D eigenvalue weighted by Gasteiger charge is 2.25. The molecule has 0 radical (unpaired) electrons. The average Bonchev–Trinajstić information content (AvgIpc) is 2.25. The van der Waals surface area contributed by atoms with Gasteiger partial charge in [0.2, 0.25) is 0 Å². The first-order valence-electron chi connectivity index (χ1n) is 6.36. The van der Waals surface area contributed by atoms with Crippen molar-refractivity contribution in [3.05, 3.63) is 0 Å². The van der Waals surface area contributed by atoms with Crippen LogP contribution in [0.3, 0.4) is 0 Å². The number of aliphatic hydroxyl groups excluding tert-OH is 1. The molecule has 0 aliphatic carbocycles. The molecular formula is C12H24N2O4. The van der Waals surface area contributed by atoms with Gasteiger partial charge in [0.05, 0.1) is 6.10 Å². The molecule has 6 nitrogen and oxygen atoms in total.